The summed E-state index contributed by atoms with van der Waals surface area (Å²) < 4.78 is 70.4. The Morgan fingerprint density at radius 1 is 0.964 bits per heavy atom. The van der Waals surface area contributed by atoms with Gasteiger partial charge in [0.05, 0.1) is 6.54 Å². The summed E-state index contributed by atoms with van der Waals surface area (Å²) in [6.45, 7) is 0.261. The van der Waals surface area contributed by atoms with Crippen molar-refractivity contribution in [3.63, 3.8) is 0 Å². The second-order valence-corrected chi connectivity index (χ2v) is 6.84. The third kappa shape index (κ3) is 5.90. The monoisotopic (exact) mass is 400 g/mol. The number of nitrogens with zero attached hydrogens (tertiary/aromatic N) is 1. The number of hydrogen-bond donors (Lipinski definition) is 1. The van der Waals surface area contributed by atoms with E-state index in [1.165, 1.54) is 35.2 Å². The minimum Gasteiger partial charge on any atom is -0.451 e. The van der Waals surface area contributed by atoms with Crippen LogP contribution in [0.3, 0.4) is 0 Å². The van der Waals surface area contributed by atoms with Gasteiger partial charge in [-0.2, -0.15) is 13.2 Å². The Kier molecular flexibility index (Phi) is 6.51. The number of hydrogen-bond acceptors (Lipinski definition) is 3. The highest BCUT2D eigenvalue weighted by molar-refractivity contribution is 5.35. The van der Waals surface area contributed by atoms with Gasteiger partial charge in [0.25, 0.3) is 0 Å². The van der Waals surface area contributed by atoms with E-state index in [0.717, 1.165) is 0 Å². The van der Waals surface area contributed by atoms with Crippen LogP contribution in [-0.4, -0.2) is 36.8 Å². The fourth-order valence-corrected chi connectivity index (χ4v) is 3.19. The molecule has 2 aromatic carbocycles. The first-order valence-electron chi connectivity index (χ1n) is 9.03. The number of halogens is 5. The van der Waals surface area contributed by atoms with E-state index in [1.807, 2.05) is 0 Å². The summed E-state index contributed by atoms with van der Waals surface area (Å²) in [4.78, 5) is 1.40. The Balaban J connectivity index is 1.50. The first kappa shape index (κ1) is 20.5. The van der Waals surface area contributed by atoms with E-state index in [2.05, 4.69) is 5.32 Å². The zero-order valence-electron chi connectivity index (χ0n) is 15.1. The van der Waals surface area contributed by atoms with E-state index in [1.54, 1.807) is 12.1 Å². The summed E-state index contributed by atoms with van der Waals surface area (Å²) in [5.41, 5.74) is 0.677. The standard InChI is InChI=1S/C20H21F5N2O/c21-16-3-1-2-4-18(16)28-19-6-5-14(11-17(19)22)12-26-15-7-9-27(10-8-15)13-20(23,24)25/h1-6,11,15,26H,7-10,12-13H2. The van der Waals surface area contributed by atoms with E-state index in [9.17, 15) is 22.0 Å². The maximum absolute atomic E-state index is 14.3. The van der Waals surface area contributed by atoms with Gasteiger partial charge >= 0.3 is 6.18 Å². The van der Waals surface area contributed by atoms with Crippen molar-refractivity contribution in [1.29, 1.82) is 0 Å². The lowest BCUT2D eigenvalue weighted by Crippen LogP contribution is -2.45. The van der Waals surface area contributed by atoms with E-state index < -0.39 is 24.4 Å². The Hall–Kier alpha value is -2.19. The quantitative estimate of drug-likeness (QED) is 0.700. The highest BCUT2D eigenvalue weighted by Gasteiger charge is 2.32. The van der Waals surface area contributed by atoms with E-state index in [-0.39, 0.29) is 17.5 Å². The minimum absolute atomic E-state index is 0.0575. The summed E-state index contributed by atoms with van der Waals surface area (Å²) in [6.07, 6.45) is -2.97. The molecule has 0 unspecified atom stereocenters. The molecule has 0 amide bonds. The zero-order chi connectivity index (χ0) is 20.1. The number of alkyl halides is 3. The summed E-state index contributed by atoms with van der Waals surface area (Å²) in [5, 5.41) is 3.25. The fourth-order valence-electron chi connectivity index (χ4n) is 3.19. The third-order valence-corrected chi connectivity index (χ3v) is 4.64. The van der Waals surface area contributed by atoms with E-state index >= 15 is 0 Å². The third-order valence-electron chi connectivity index (χ3n) is 4.64. The first-order chi connectivity index (χ1) is 13.3. The van der Waals surface area contributed by atoms with Crippen molar-refractivity contribution in [2.24, 2.45) is 0 Å². The maximum atomic E-state index is 14.3. The first-order valence-corrected chi connectivity index (χ1v) is 9.03. The molecular formula is C20H21F5N2O. The molecule has 1 aliphatic rings. The molecule has 0 aliphatic carbocycles. The predicted molar refractivity (Wildman–Crippen MR) is 95.2 cm³/mol. The van der Waals surface area contributed by atoms with Crippen molar-refractivity contribution in [3.05, 3.63) is 59.7 Å². The number of piperidine rings is 1. The summed E-state index contributed by atoms with van der Waals surface area (Å²) in [7, 11) is 0. The number of rotatable bonds is 6. The Morgan fingerprint density at radius 2 is 1.64 bits per heavy atom. The lowest BCUT2D eigenvalue weighted by Gasteiger charge is -2.32. The lowest BCUT2D eigenvalue weighted by molar-refractivity contribution is -0.148. The van der Waals surface area contributed by atoms with Gasteiger partial charge in [-0.25, -0.2) is 8.78 Å². The molecular weight excluding hydrogens is 379 g/mol. The number of para-hydroxylation sites is 1. The predicted octanol–water partition coefficient (Wildman–Crippen LogP) is 4.87. The Labute approximate surface area is 160 Å². The molecule has 1 saturated heterocycles. The molecule has 1 heterocycles. The Morgan fingerprint density at radius 3 is 2.29 bits per heavy atom. The van der Waals surface area contributed by atoms with Gasteiger partial charge in [0.2, 0.25) is 0 Å². The van der Waals surface area contributed by atoms with Crippen molar-refractivity contribution < 1.29 is 26.7 Å². The van der Waals surface area contributed by atoms with Crippen LogP contribution in [-0.2, 0) is 6.54 Å². The normalized spacial score (nSPS) is 16.3. The van der Waals surface area contributed by atoms with Crippen LogP contribution in [0.5, 0.6) is 11.5 Å². The van der Waals surface area contributed by atoms with Gasteiger partial charge in [0.15, 0.2) is 23.1 Å². The Bertz CT molecular complexity index is 788. The molecule has 0 atom stereocenters. The van der Waals surface area contributed by atoms with Crippen molar-refractivity contribution in [1.82, 2.24) is 10.2 Å². The van der Waals surface area contributed by atoms with Crippen LogP contribution in [0, 0.1) is 11.6 Å². The van der Waals surface area contributed by atoms with Gasteiger partial charge in [0, 0.05) is 12.6 Å². The van der Waals surface area contributed by atoms with Gasteiger partial charge in [-0.05, 0) is 55.8 Å². The fraction of sp³-hybridized carbons (Fsp3) is 0.400. The molecule has 0 aromatic heterocycles. The molecule has 0 saturated carbocycles. The van der Waals surface area contributed by atoms with Gasteiger partial charge in [0.1, 0.15) is 0 Å². The molecule has 0 bridgehead atoms. The summed E-state index contributed by atoms with van der Waals surface area (Å²) in [5.74, 6) is -1.32. The van der Waals surface area contributed by atoms with Crippen LogP contribution in [0.25, 0.3) is 0 Å². The molecule has 1 N–H and O–H groups in total. The van der Waals surface area contributed by atoms with E-state index in [0.29, 0.717) is 38.0 Å². The molecule has 0 spiro atoms. The van der Waals surface area contributed by atoms with Crippen molar-refractivity contribution in [2.75, 3.05) is 19.6 Å². The summed E-state index contributed by atoms with van der Waals surface area (Å²) in [6, 6.07) is 10.2. The number of nitrogens with one attached hydrogen (secondary N) is 1. The van der Waals surface area contributed by atoms with Crippen molar-refractivity contribution in [3.8, 4) is 11.5 Å². The highest BCUT2D eigenvalue weighted by Crippen LogP contribution is 2.27. The average Bonchev–Trinajstić information content (AvgIpc) is 2.63. The van der Waals surface area contributed by atoms with Crippen LogP contribution in [0.15, 0.2) is 42.5 Å². The smallest absolute Gasteiger partial charge is 0.401 e. The highest BCUT2D eigenvalue weighted by atomic mass is 19.4. The molecule has 152 valence electrons. The van der Waals surface area contributed by atoms with Crippen molar-refractivity contribution >= 4 is 0 Å². The molecule has 3 rings (SSSR count). The number of likely N-dealkylation sites (tertiary alicyclic amines) is 1. The molecule has 2 aromatic rings. The molecule has 1 fully saturated rings. The average molecular weight is 400 g/mol. The maximum Gasteiger partial charge on any atom is 0.401 e. The van der Waals surface area contributed by atoms with Crippen LogP contribution >= 0.6 is 0 Å². The minimum atomic E-state index is -4.18. The number of ether oxygens (including phenoxy) is 1. The molecule has 0 radical (unpaired) electrons. The van der Waals surface area contributed by atoms with Gasteiger partial charge in [-0.1, -0.05) is 18.2 Å². The SMILES string of the molecule is Fc1ccccc1Oc1ccc(CNC2CCN(CC(F)(F)F)CC2)cc1F. The second-order valence-electron chi connectivity index (χ2n) is 6.84. The topological polar surface area (TPSA) is 24.5 Å². The second kappa shape index (κ2) is 8.87. The van der Waals surface area contributed by atoms with Crippen LogP contribution in [0.2, 0.25) is 0 Å². The largest absolute Gasteiger partial charge is 0.451 e. The lowest BCUT2D eigenvalue weighted by atomic mass is 10.0. The zero-order valence-corrected chi connectivity index (χ0v) is 15.1. The van der Waals surface area contributed by atoms with Crippen LogP contribution in [0.4, 0.5) is 22.0 Å². The van der Waals surface area contributed by atoms with Crippen LogP contribution < -0.4 is 10.1 Å². The molecule has 3 nitrogen and oxygen atoms in total. The summed E-state index contributed by atoms with van der Waals surface area (Å²) >= 11 is 0. The van der Waals surface area contributed by atoms with Gasteiger partial charge in [-0.3, -0.25) is 4.90 Å². The van der Waals surface area contributed by atoms with E-state index in [4.69, 9.17) is 4.74 Å². The van der Waals surface area contributed by atoms with Crippen molar-refractivity contribution in [2.45, 2.75) is 31.6 Å². The molecule has 1 aliphatic heterocycles. The molecule has 8 heteroatoms. The molecule has 28 heavy (non-hydrogen) atoms. The van der Waals surface area contributed by atoms with Crippen LogP contribution in [0.1, 0.15) is 18.4 Å². The number of benzene rings is 2. The van der Waals surface area contributed by atoms with Gasteiger partial charge < -0.3 is 10.1 Å². The van der Waals surface area contributed by atoms with Gasteiger partial charge in [-0.15, -0.1) is 0 Å².